The minimum Gasteiger partial charge on any atom is -0.478 e. The van der Waals surface area contributed by atoms with Gasteiger partial charge in [0, 0.05) is 11.8 Å². The quantitative estimate of drug-likeness (QED) is 0.642. The summed E-state index contributed by atoms with van der Waals surface area (Å²) < 4.78 is 0. The van der Waals surface area contributed by atoms with Crippen molar-refractivity contribution in [2.45, 2.75) is 0 Å². The zero-order chi connectivity index (χ0) is 14.8. The Morgan fingerprint density at radius 1 is 1.15 bits per heavy atom. The zero-order valence-corrected chi connectivity index (χ0v) is 10.3. The van der Waals surface area contributed by atoms with Gasteiger partial charge in [-0.3, -0.25) is 4.79 Å². The molecule has 4 heteroatoms. The number of aromatic carboxylic acids is 1. The van der Waals surface area contributed by atoms with Crippen LogP contribution >= 0.6 is 0 Å². The summed E-state index contributed by atoms with van der Waals surface area (Å²) in [6.45, 7) is 0. The van der Waals surface area contributed by atoms with Crippen molar-refractivity contribution >= 4 is 17.6 Å². The molecule has 0 aliphatic carbocycles. The van der Waals surface area contributed by atoms with E-state index in [1.54, 1.807) is 0 Å². The molecule has 0 aromatic heterocycles. The summed E-state index contributed by atoms with van der Waals surface area (Å²) in [4.78, 5) is 22.1. The van der Waals surface area contributed by atoms with Crippen molar-refractivity contribution in [1.82, 2.24) is 0 Å². The molecule has 0 spiro atoms. The maximum Gasteiger partial charge on any atom is 0.335 e. The van der Waals surface area contributed by atoms with Crippen molar-refractivity contribution in [2.24, 2.45) is 0 Å². The standard InChI is InChI=1S/C16H9NO3/c1-2-3-4-5-6-7-8-15(18)17-14-11-9-13(10-12-14)16(19)20/h1,7-12H,(H,17,18)(H,19,20)/b8-7+. The Morgan fingerprint density at radius 3 is 2.45 bits per heavy atom. The molecule has 0 fully saturated rings. The van der Waals surface area contributed by atoms with Crippen LogP contribution in [0.2, 0.25) is 0 Å². The summed E-state index contributed by atoms with van der Waals surface area (Å²) in [7, 11) is 0. The van der Waals surface area contributed by atoms with Crippen LogP contribution in [0.15, 0.2) is 36.4 Å². The van der Waals surface area contributed by atoms with Crippen molar-refractivity contribution in [3.05, 3.63) is 42.0 Å². The average molecular weight is 263 g/mol. The molecular formula is C16H9NO3. The van der Waals surface area contributed by atoms with Crippen molar-refractivity contribution in [3.8, 4) is 36.0 Å². The Bertz CT molecular complexity index is 699. The summed E-state index contributed by atoms with van der Waals surface area (Å²) in [5.41, 5.74) is 0.640. The van der Waals surface area contributed by atoms with Crippen molar-refractivity contribution in [3.63, 3.8) is 0 Å². The summed E-state index contributed by atoms with van der Waals surface area (Å²) >= 11 is 0. The van der Waals surface area contributed by atoms with Crippen LogP contribution in [0.4, 0.5) is 5.69 Å². The normalized spacial score (nSPS) is 8.55. The first kappa shape index (κ1) is 14.6. The molecule has 1 aromatic carbocycles. The largest absolute Gasteiger partial charge is 0.478 e. The maximum absolute atomic E-state index is 11.5. The number of terminal acetylenes is 1. The monoisotopic (exact) mass is 263 g/mol. The topological polar surface area (TPSA) is 66.4 Å². The van der Waals surface area contributed by atoms with Gasteiger partial charge in [0.05, 0.1) is 5.56 Å². The Hall–Kier alpha value is -3.42. The minimum absolute atomic E-state index is 0.150. The Kier molecular flexibility index (Phi) is 5.72. The number of hydrogen-bond acceptors (Lipinski definition) is 2. The van der Waals surface area contributed by atoms with Crippen LogP contribution in [0, 0.1) is 36.0 Å². The van der Waals surface area contributed by atoms with Gasteiger partial charge in [0.25, 0.3) is 0 Å². The number of benzene rings is 1. The molecule has 0 saturated heterocycles. The van der Waals surface area contributed by atoms with Gasteiger partial charge in [-0.05, 0) is 54.0 Å². The molecule has 0 bridgehead atoms. The summed E-state index contributed by atoms with van der Waals surface area (Å²) in [6, 6.07) is 5.80. The SMILES string of the molecule is C#CC#CC#C/C=C/C(=O)Nc1ccc(C(=O)O)cc1. The Morgan fingerprint density at radius 2 is 1.85 bits per heavy atom. The Labute approximate surface area is 116 Å². The van der Waals surface area contributed by atoms with Gasteiger partial charge in [-0.1, -0.05) is 5.92 Å². The number of carboxylic acid groups (broad SMARTS) is 1. The second-order valence-electron chi connectivity index (χ2n) is 3.37. The molecule has 0 heterocycles. The zero-order valence-electron chi connectivity index (χ0n) is 10.3. The lowest BCUT2D eigenvalue weighted by molar-refractivity contribution is -0.111. The third-order valence-corrected chi connectivity index (χ3v) is 1.99. The molecule has 0 unspecified atom stereocenters. The van der Waals surface area contributed by atoms with Crippen LogP contribution < -0.4 is 5.32 Å². The van der Waals surface area contributed by atoms with Gasteiger partial charge in [0.1, 0.15) is 0 Å². The van der Waals surface area contributed by atoms with E-state index in [0.717, 1.165) is 0 Å². The Balaban J connectivity index is 2.58. The van der Waals surface area contributed by atoms with E-state index in [2.05, 4.69) is 34.9 Å². The van der Waals surface area contributed by atoms with E-state index in [9.17, 15) is 9.59 Å². The van der Waals surface area contributed by atoms with E-state index in [1.165, 1.54) is 36.4 Å². The van der Waals surface area contributed by atoms with Crippen molar-refractivity contribution in [1.29, 1.82) is 0 Å². The highest BCUT2D eigenvalue weighted by Gasteiger charge is 2.02. The fraction of sp³-hybridized carbons (Fsp3) is 0. The predicted octanol–water partition coefficient (Wildman–Crippen LogP) is 1.52. The van der Waals surface area contributed by atoms with E-state index in [1.807, 2.05) is 0 Å². The van der Waals surface area contributed by atoms with Gasteiger partial charge < -0.3 is 10.4 Å². The summed E-state index contributed by atoms with van der Waals surface area (Å²) in [5, 5.41) is 11.3. The molecule has 1 rings (SSSR count). The lowest BCUT2D eigenvalue weighted by atomic mass is 10.2. The molecule has 4 nitrogen and oxygen atoms in total. The molecular weight excluding hydrogens is 254 g/mol. The van der Waals surface area contributed by atoms with Crippen molar-refractivity contribution < 1.29 is 14.7 Å². The highest BCUT2D eigenvalue weighted by atomic mass is 16.4. The molecule has 0 aliphatic rings. The number of allylic oxidation sites excluding steroid dienone is 1. The summed E-state index contributed by atoms with van der Waals surface area (Å²) in [5.74, 6) is 10.4. The number of nitrogens with one attached hydrogen (secondary N) is 1. The highest BCUT2D eigenvalue weighted by Crippen LogP contribution is 2.09. The molecule has 1 aromatic rings. The molecule has 0 saturated carbocycles. The number of carbonyl (C=O) groups is 2. The van der Waals surface area contributed by atoms with Gasteiger partial charge in [-0.2, -0.15) is 0 Å². The van der Waals surface area contributed by atoms with Crippen LogP contribution in [0.1, 0.15) is 10.4 Å². The number of hydrogen-bond donors (Lipinski definition) is 2. The second kappa shape index (κ2) is 7.82. The van der Waals surface area contributed by atoms with Crippen LogP contribution in [-0.2, 0) is 4.79 Å². The van der Waals surface area contributed by atoms with E-state index in [-0.39, 0.29) is 11.5 Å². The van der Waals surface area contributed by atoms with Crippen LogP contribution in [-0.4, -0.2) is 17.0 Å². The van der Waals surface area contributed by atoms with E-state index in [4.69, 9.17) is 11.5 Å². The van der Waals surface area contributed by atoms with Gasteiger partial charge in [-0.15, -0.1) is 6.42 Å². The van der Waals surface area contributed by atoms with E-state index in [0.29, 0.717) is 5.69 Å². The van der Waals surface area contributed by atoms with Gasteiger partial charge >= 0.3 is 5.97 Å². The first-order valence-corrected chi connectivity index (χ1v) is 5.40. The van der Waals surface area contributed by atoms with Gasteiger partial charge in [0.15, 0.2) is 0 Å². The van der Waals surface area contributed by atoms with Crippen molar-refractivity contribution in [2.75, 3.05) is 5.32 Å². The molecule has 2 N–H and O–H groups in total. The fourth-order valence-corrected chi connectivity index (χ4v) is 1.14. The number of anilines is 1. The van der Waals surface area contributed by atoms with Gasteiger partial charge in [-0.25, -0.2) is 4.79 Å². The maximum atomic E-state index is 11.5. The van der Waals surface area contributed by atoms with Crippen LogP contribution in [0.3, 0.4) is 0 Å². The predicted molar refractivity (Wildman–Crippen MR) is 75.6 cm³/mol. The lowest BCUT2D eigenvalue weighted by Crippen LogP contribution is -2.07. The fourth-order valence-electron chi connectivity index (χ4n) is 1.14. The molecule has 0 radical (unpaired) electrons. The average Bonchev–Trinajstić information content (AvgIpc) is 2.43. The molecule has 0 aliphatic heterocycles. The molecule has 0 atom stereocenters. The second-order valence-corrected chi connectivity index (χ2v) is 3.37. The molecule has 1 amide bonds. The van der Waals surface area contributed by atoms with Crippen LogP contribution in [0.5, 0.6) is 0 Å². The van der Waals surface area contributed by atoms with Crippen LogP contribution in [0.25, 0.3) is 0 Å². The number of amides is 1. The first-order chi connectivity index (χ1) is 9.63. The number of carbonyl (C=O) groups excluding carboxylic acids is 1. The molecule has 20 heavy (non-hydrogen) atoms. The van der Waals surface area contributed by atoms with Gasteiger partial charge in [0.2, 0.25) is 5.91 Å². The third kappa shape index (κ3) is 5.27. The highest BCUT2D eigenvalue weighted by molar-refractivity contribution is 5.99. The number of carboxylic acids is 1. The van der Waals surface area contributed by atoms with E-state index >= 15 is 0 Å². The molecule has 96 valence electrons. The first-order valence-electron chi connectivity index (χ1n) is 5.40. The van der Waals surface area contributed by atoms with E-state index < -0.39 is 5.97 Å². The third-order valence-electron chi connectivity index (χ3n) is 1.99. The smallest absolute Gasteiger partial charge is 0.335 e. The lowest BCUT2D eigenvalue weighted by Gasteiger charge is -2.01. The minimum atomic E-state index is -1.02. The summed E-state index contributed by atoms with van der Waals surface area (Å²) in [6.07, 6.45) is 7.47. The number of rotatable bonds is 3.